The molecule has 2 rings (SSSR count). The van der Waals surface area contributed by atoms with Gasteiger partial charge in [0, 0.05) is 44.2 Å². The molecule has 136 valence electrons. The van der Waals surface area contributed by atoms with E-state index in [9.17, 15) is 30.1 Å². The van der Waals surface area contributed by atoms with Gasteiger partial charge in [-0.1, -0.05) is 6.92 Å². The van der Waals surface area contributed by atoms with Gasteiger partial charge in [-0.25, -0.2) is 0 Å². The molecule has 0 bridgehead atoms. The average molecular weight is 352 g/mol. The quantitative estimate of drug-likeness (QED) is 0.625. The number of piperazine rings is 1. The van der Waals surface area contributed by atoms with Crippen molar-refractivity contribution in [3.63, 3.8) is 0 Å². The summed E-state index contributed by atoms with van der Waals surface area (Å²) in [4.78, 5) is 36.7. The third kappa shape index (κ3) is 3.53. The molecule has 1 amide bonds. The Balaban J connectivity index is 2.49. The minimum atomic E-state index is -0.676. The summed E-state index contributed by atoms with van der Waals surface area (Å²) in [5.74, 6) is -0.0181. The van der Waals surface area contributed by atoms with E-state index in [1.165, 1.54) is 13.0 Å². The van der Waals surface area contributed by atoms with Crippen LogP contribution in [0, 0.1) is 27.2 Å². The van der Waals surface area contributed by atoms with Gasteiger partial charge in [0.15, 0.2) is 5.69 Å². The summed E-state index contributed by atoms with van der Waals surface area (Å²) < 4.78 is 0. The number of nitrogens with zero attached hydrogens (tertiary/aromatic N) is 4. The zero-order valence-electron chi connectivity index (χ0n) is 14.1. The molecule has 0 aliphatic carbocycles. The molecule has 1 fully saturated rings. The minimum absolute atomic E-state index is 0.0181. The van der Waals surface area contributed by atoms with E-state index in [0.717, 1.165) is 0 Å². The van der Waals surface area contributed by atoms with Gasteiger partial charge in [-0.3, -0.25) is 25.0 Å². The van der Waals surface area contributed by atoms with Gasteiger partial charge in [0.2, 0.25) is 5.91 Å². The molecule has 0 spiro atoms. The Morgan fingerprint density at radius 1 is 1.20 bits per heavy atom. The van der Waals surface area contributed by atoms with Crippen LogP contribution >= 0.6 is 0 Å². The number of nitro benzene ring substituents is 2. The number of benzene rings is 1. The lowest BCUT2D eigenvalue weighted by atomic mass is 10.0. The first-order valence-electron chi connectivity index (χ1n) is 7.90. The van der Waals surface area contributed by atoms with Crippen LogP contribution in [0.1, 0.15) is 24.5 Å². The number of aliphatic hydroxyl groups excluding tert-OH is 1. The number of hydrogen-bond donors (Lipinski definition) is 1. The molecule has 0 unspecified atom stereocenters. The molecule has 1 saturated heterocycles. The number of aliphatic hydroxyl groups is 1. The zero-order chi connectivity index (χ0) is 18.7. The number of hydrogen-bond acceptors (Lipinski definition) is 7. The highest BCUT2D eigenvalue weighted by molar-refractivity contribution is 5.80. The fourth-order valence-corrected chi connectivity index (χ4v) is 3.03. The number of rotatable bonds is 5. The van der Waals surface area contributed by atoms with E-state index in [0.29, 0.717) is 19.5 Å². The average Bonchev–Trinajstić information content (AvgIpc) is 2.60. The van der Waals surface area contributed by atoms with Gasteiger partial charge in [-0.05, 0) is 12.5 Å². The lowest BCUT2D eigenvalue weighted by Gasteiger charge is -2.35. The predicted octanol–water partition coefficient (Wildman–Crippen LogP) is 1.36. The maximum Gasteiger partial charge on any atom is 0.302 e. The Morgan fingerprint density at radius 3 is 2.24 bits per heavy atom. The largest absolute Gasteiger partial charge is 0.392 e. The molecule has 1 heterocycles. The highest BCUT2D eigenvalue weighted by atomic mass is 16.6. The summed E-state index contributed by atoms with van der Waals surface area (Å²) in [6, 6.07) is 1.18. The summed E-state index contributed by atoms with van der Waals surface area (Å²) in [5, 5.41) is 32.4. The van der Waals surface area contributed by atoms with Crippen LogP contribution in [0.5, 0.6) is 0 Å². The highest BCUT2D eigenvalue weighted by Crippen LogP contribution is 2.42. The third-order valence-electron chi connectivity index (χ3n) is 4.42. The molecule has 10 heteroatoms. The van der Waals surface area contributed by atoms with Gasteiger partial charge in [0.25, 0.3) is 5.69 Å². The van der Waals surface area contributed by atoms with Crippen molar-refractivity contribution in [2.24, 2.45) is 0 Å². The van der Waals surface area contributed by atoms with E-state index in [1.807, 2.05) is 0 Å². The second-order valence-electron chi connectivity index (χ2n) is 5.77. The van der Waals surface area contributed by atoms with Crippen molar-refractivity contribution in [3.05, 3.63) is 37.4 Å². The fourth-order valence-electron chi connectivity index (χ4n) is 3.03. The maximum absolute atomic E-state index is 11.8. The van der Waals surface area contributed by atoms with Crippen molar-refractivity contribution in [1.82, 2.24) is 4.90 Å². The molecule has 1 aromatic carbocycles. The molecule has 25 heavy (non-hydrogen) atoms. The van der Waals surface area contributed by atoms with Crippen LogP contribution in [0.4, 0.5) is 17.1 Å². The minimum Gasteiger partial charge on any atom is -0.392 e. The first kappa shape index (κ1) is 18.6. The standard InChI is InChI=1S/C15H20N4O6/c1-3-13(21)16-4-6-17(7-5-16)15-12(18(22)23)8-11(9-20)10(2)14(15)19(24)25/h8,20H,3-7,9H2,1-2H3. The molecule has 1 aliphatic rings. The van der Waals surface area contributed by atoms with Crippen molar-refractivity contribution in [2.45, 2.75) is 26.9 Å². The Morgan fingerprint density at radius 2 is 1.80 bits per heavy atom. The van der Waals surface area contributed by atoms with E-state index in [1.54, 1.807) is 16.7 Å². The SMILES string of the molecule is CCC(=O)N1CCN(c2c([N+](=O)[O-])cc(CO)c(C)c2[N+](=O)[O-])CC1. The summed E-state index contributed by atoms with van der Waals surface area (Å²) in [5.41, 5.74) is -0.472. The molecular weight excluding hydrogens is 332 g/mol. The van der Waals surface area contributed by atoms with Crippen molar-refractivity contribution in [1.29, 1.82) is 0 Å². The van der Waals surface area contributed by atoms with E-state index in [2.05, 4.69) is 0 Å². The molecule has 1 aliphatic heterocycles. The molecule has 10 nitrogen and oxygen atoms in total. The normalized spacial score (nSPS) is 14.5. The van der Waals surface area contributed by atoms with Crippen LogP contribution in [0.3, 0.4) is 0 Å². The highest BCUT2D eigenvalue weighted by Gasteiger charge is 2.35. The van der Waals surface area contributed by atoms with E-state index in [4.69, 9.17) is 0 Å². The molecule has 0 saturated carbocycles. The second-order valence-corrected chi connectivity index (χ2v) is 5.77. The number of carbonyl (C=O) groups excluding carboxylic acids is 1. The monoisotopic (exact) mass is 352 g/mol. The molecule has 1 aromatic rings. The lowest BCUT2D eigenvalue weighted by molar-refractivity contribution is -0.393. The molecule has 1 N–H and O–H groups in total. The van der Waals surface area contributed by atoms with Crippen molar-refractivity contribution in [2.75, 3.05) is 31.1 Å². The Labute approximate surface area is 143 Å². The van der Waals surface area contributed by atoms with Crippen molar-refractivity contribution in [3.8, 4) is 0 Å². The van der Waals surface area contributed by atoms with E-state index >= 15 is 0 Å². The summed E-state index contributed by atoms with van der Waals surface area (Å²) in [6.45, 7) is 3.93. The Hall–Kier alpha value is -2.75. The molecule has 0 atom stereocenters. The van der Waals surface area contributed by atoms with Gasteiger partial charge in [0.1, 0.15) is 0 Å². The summed E-state index contributed by atoms with van der Waals surface area (Å²) in [6.07, 6.45) is 0.366. The van der Waals surface area contributed by atoms with Crippen LogP contribution in [0.15, 0.2) is 6.07 Å². The van der Waals surface area contributed by atoms with Crippen molar-refractivity contribution >= 4 is 23.0 Å². The second kappa shape index (κ2) is 7.43. The third-order valence-corrected chi connectivity index (χ3v) is 4.42. The Bertz CT molecular complexity index is 712. The number of amides is 1. The number of carbonyl (C=O) groups is 1. The summed E-state index contributed by atoms with van der Waals surface area (Å²) >= 11 is 0. The first-order chi connectivity index (χ1) is 11.8. The zero-order valence-corrected chi connectivity index (χ0v) is 14.1. The number of anilines is 1. The number of nitro groups is 2. The predicted molar refractivity (Wildman–Crippen MR) is 89.5 cm³/mol. The van der Waals surface area contributed by atoms with Crippen LogP contribution < -0.4 is 4.90 Å². The van der Waals surface area contributed by atoms with E-state index in [-0.39, 0.29) is 41.5 Å². The van der Waals surface area contributed by atoms with E-state index < -0.39 is 22.1 Å². The fraction of sp³-hybridized carbons (Fsp3) is 0.533. The van der Waals surface area contributed by atoms with Gasteiger partial charge in [0.05, 0.1) is 16.5 Å². The van der Waals surface area contributed by atoms with Gasteiger partial charge in [-0.15, -0.1) is 0 Å². The van der Waals surface area contributed by atoms with Crippen molar-refractivity contribution < 1.29 is 19.7 Å². The van der Waals surface area contributed by atoms with Crippen LogP contribution in [0.2, 0.25) is 0 Å². The topological polar surface area (TPSA) is 130 Å². The molecular formula is C15H20N4O6. The van der Waals surface area contributed by atoms with Crippen LogP contribution in [-0.4, -0.2) is 51.9 Å². The van der Waals surface area contributed by atoms with Crippen LogP contribution in [0.25, 0.3) is 0 Å². The first-order valence-corrected chi connectivity index (χ1v) is 7.90. The van der Waals surface area contributed by atoms with Gasteiger partial charge < -0.3 is 14.9 Å². The molecule has 0 aromatic heterocycles. The molecule has 0 radical (unpaired) electrons. The maximum atomic E-state index is 11.8. The summed E-state index contributed by atoms with van der Waals surface area (Å²) in [7, 11) is 0. The Kier molecular flexibility index (Phi) is 5.52. The van der Waals surface area contributed by atoms with Gasteiger partial charge >= 0.3 is 5.69 Å². The van der Waals surface area contributed by atoms with Crippen LogP contribution in [-0.2, 0) is 11.4 Å². The van der Waals surface area contributed by atoms with Gasteiger partial charge in [-0.2, -0.15) is 0 Å². The smallest absolute Gasteiger partial charge is 0.302 e. The lowest BCUT2D eigenvalue weighted by Crippen LogP contribution is -2.49.